The van der Waals surface area contributed by atoms with Crippen molar-refractivity contribution in [2.75, 3.05) is 31.1 Å². The molecule has 132 valence electrons. The fourth-order valence-corrected chi connectivity index (χ4v) is 4.03. The number of primary amides is 1. The molecule has 1 atom stereocenters. The van der Waals surface area contributed by atoms with Gasteiger partial charge in [-0.25, -0.2) is 4.98 Å². The highest BCUT2D eigenvalue weighted by Gasteiger charge is 2.35. The number of nitrogens with zero attached hydrogens (tertiary/aromatic N) is 3. The van der Waals surface area contributed by atoms with Crippen molar-refractivity contribution >= 4 is 11.6 Å². The zero-order valence-electron chi connectivity index (χ0n) is 15.2. The van der Waals surface area contributed by atoms with E-state index in [9.17, 15) is 4.79 Å². The van der Waals surface area contributed by atoms with Crippen molar-refractivity contribution in [2.24, 2.45) is 17.1 Å². The van der Waals surface area contributed by atoms with Gasteiger partial charge >= 0.3 is 0 Å². The van der Waals surface area contributed by atoms with Crippen LogP contribution in [0.5, 0.6) is 0 Å². The van der Waals surface area contributed by atoms with Gasteiger partial charge in [0, 0.05) is 25.7 Å². The van der Waals surface area contributed by atoms with Crippen molar-refractivity contribution in [3.8, 4) is 0 Å². The van der Waals surface area contributed by atoms with Crippen LogP contribution in [0.4, 0.5) is 5.69 Å². The number of aromatic nitrogens is 1. The van der Waals surface area contributed by atoms with Crippen LogP contribution in [0.2, 0.25) is 0 Å². The summed E-state index contributed by atoms with van der Waals surface area (Å²) in [5.41, 5.74) is 7.09. The number of nitrogens with two attached hydrogens (primary N) is 1. The fourth-order valence-electron chi connectivity index (χ4n) is 4.03. The molecule has 1 unspecified atom stereocenters. The van der Waals surface area contributed by atoms with Gasteiger partial charge in [-0.1, -0.05) is 20.8 Å². The summed E-state index contributed by atoms with van der Waals surface area (Å²) in [5, 5.41) is 0. The second-order valence-electron chi connectivity index (χ2n) is 8.33. The molecule has 3 rings (SSSR count). The lowest BCUT2D eigenvalue weighted by molar-refractivity contribution is 0.0995. The highest BCUT2D eigenvalue weighted by molar-refractivity contribution is 5.90. The molecule has 3 heterocycles. The van der Waals surface area contributed by atoms with Gasteiger partial charge in [-0.15, -0.1) is 0 Å². The van der Waals surface area contributed by atoms with Gasteiger partial charge in [-0.2, -0.15) is 0 Å². The lowest BCUT2D eigenvalue weighted by Gasteiger charge is -2.38. The van der Waals surface area contributed by atoms with Gasteiger partial charge in [-0.3, -0.25) is 9.69 Å². The first kappa shape index (κ1) is 17.2. The van der Waals surface area contributed by atoms with Crippen molar-refractivity contribution in [1.29, 1.82) is 0 Å². The first-order valence-electron chi connectivity index (χ1n) is 9.09. The number of amides is 1. The number of carbonyl (C=O) groups is 1. The third-order valence-electron chi connectivity index (χ3n) is 5.79. The van der Waals surface area contributed by atoms with E-state index in [1.165, 1.54) is 32.4 Å². The highest BCUT2D eigenvalue weighted by atomic mass is 16.1. The molecule has 2 aliphatic rings. The van der Waals surface area contributed by atoms with E-state index in [2.05, 4.69) is 35.6 Å². The molecular weight excluding hydrogens is 300 g/mol. The Morgan fingerprint density at radius 3 is 2.38 bits per heavy atom. The monoisotopic (exact) mass is 330 g/mol. The summed E-state index contributed by atoms with van der Waals surface area (Å²) < 4.78 is 0. The summed E-state index contributed by atoms with van der Waals surface area (Å²) in [6.07, 6.45) is 5.51. The van der Waals surface area contributed by atoms with Crippen LogP contribution in [0.1, 0.15) is 50.5 Å². The molecular formula is C19H30N4O. The summed E-state index contributed by atoms with van der Waals surface area (Å²) >= 11 is 0. The number of likely N-dealkylation sites (tertiary alicyclic amines) is 1. The number of rotatable bonds is 3. The van der Waals surface area contributed by atoms with E-state index >= 15 is 0 Å². The van der Waals surface area contributed by atoms with Gasteiger partial charge in [0.25, 0.3) is 5.91 Å². The molecule has 2 saturated heterocycles. The largest absolute Gasteiger partial charge is 0.370 e. The predicted molar refractivity (Wildman–Crippen MR) is 97.1 cm³/mol. The van der Waals surface area contributed by atoms with Crippen LogP contribution in [0.3, 0.4) is 0 Å². The fraction of sp³-hybridized carbons (Fsp3) is 0.684. The van der Waals surface area contributed by atoms with Crippen LogP contribution < -0.4 is 10.6 Å². The predicted octanol–water partition coefficient (Wildman–Crippen LogP) is 2.52. The Morgan fingerprint density at radius 2 is 1.88 bits per heavy atom. The van der Waals surface area contributed by atoms with Gasteiger partial charge in [0.1, 0.15) is 5.69 Å². The molecule has 5 nitrogen and oxygen atoms in total. The van der Waals surface area contributed by atoms with E-state index in [1.54, 1.807) is 12.3 Å². The average Bonchev–Trinajstić information content (AvgIpc) is 3.05. The van der Waals surface area contributed by atoms with Gasteiger partial charge in [0.05, 0.1) is 11.9 Å². The van der Waals surface area contributed by atoms with Crippen LogP contribution in [-0.4, -0.2) is 48.0 Å². The lowest BCUT2D eigenvalue weighted by atomic mass is 9.80. The Hall–Kier alpha value is -1.62. The van der Waals surface area contributed by atoms with E-state index in [0.29, 0.717) is 17.2 Å². The molecule has 0 saturated carbocycles. The summed E-state index contributed by atoms with van der Waals surface area (Å²) in [6.45, 7) is 11.7. The normalized spacial score (nSPS) is 23.6. The van der Waals surface area contributed by atoms with Crippen molar-refractivity contribution in [3.05, 3.63) is 24.0 Å². The Morgan fingerprint density at radius 1 is 1.17 bits per heavy atom. The number of pyridine rings is 1. The quantitative estimate of drug-likeness (QED) is 0.925. The smallest absolute Gasteiger partial charge is 0.267 e. The van der Waals surface area contributed by atoms with Crippen molar-refractivity contribution in [3.63, 3.8) is 0 Å². The average molecular weight is 330 g/mol. The standard InChI is InChI=1S/C19H30N4O/c1-19(2,3)14-6-9-23(13-14)15-7-10-22(11-8-15)16-4-5-17(18(20)24)21-12-16/h4-5,12,14-15H,6-11,13H2,1-3H3,(H2,20,24). The van der Waals surface area contributed by atoms with Crippen molar-refractivity contribution < 1.29 is 4.79 Å². The van der Waals surface area contributed by atoms with Gasteiger partial charge in [-0.05, 0) is 49.3 Å². The van der Waals surface area contributed by atoms with Crippen LogP contribution in [0, 0.1) is 11.3 Å². The van der Waals surface area contributed by atoms with E-state index in [0.717, 1.165) is 24.7 Å². The third-order valence-corrected chi connectivity index (χ3v) is 5.79. The Bertz CT molecular complexity index is 570. The van der Waals surface area contributed by atoms with Crippen LogP contribution in [-0.2, 0) is 0 Å². The van der Waals surface area contributed by atoms with Crippen LogP contribution >= 0.6 is 0 Å². The summed E-state index contributed by atoms with van der Waals surface area (Å²) in [7, 11) is 0. The minimum atomic E-state index is -0.470. The highest BCUT2D eigenvalue weighted by Crippen LogP contribution is 2.35. The minimum Gasteiger partial charge on any atom is -0.370 e. The first-order valence-corrected chi connectivity index (χ1v) is 9.09. The molecule has 0 radical (unpaired) electrons. The Kier molecular flexibility index (Phi) is 4.81. The molecule has 0 bridgehead atoms. The number of anilines is 1. The molecule has 1 aromatic heterocycles. The molecule has 24 heavy (non-hydrogen) atoms. The third kappa shape index (κ3) is 3.72. The molecule has 2 fully saturated rings. The van der Waals surface area contributed by atoms with E-state index in [4.69, 9.17) is 5.73 Å². The van der Waals surface area contributed by atoms with Crippen molar-refractivity contribution in [2.45, 2.75) is 46.1 Å². The number of hydrogen-bond acceptors (Lipinski definition) is 4. The van der Waals surface area contributed by atoms with E-state index in [1.807, 2.05) is 6.07 Å². The zero-order chi connectivity index (χ0) is 17.3. The number of carbonyl (C=O) groups excluding carboxylic acids is 1. The van der Waals surface area contributed by atoms with Gasteiger partial charge in [0.2, 0.25) is 0 Å². The second-order valence-corrected chi connectivity index (χ2v) is 8.33. The number of piperidine rings is 1. The number of hydrogen-bond donors (Lipinski definition) is 1. The topological polar surface area (TPSA) is 62.5 Å². The molecule has 2 N–H and O–H groups in total. The summed E-state index contributed by atoms with van der Waals surface area (Å²) in [6, 6.07) is 4.39. The molecule has 0 aliphatic carbocycles. The molecule has 2 aliphatic heterocycles. The van der Waals surface area contributed by atoms with Crippen LogP contribution in [0.15, 0.2) is 18.3 Å². The minimum absolute atomic E-state index is 0.332. The Labute approximate surface area is 145 Å². The second kappa shape index (κ2) is 6.71. The maximum Gasteiger partial charge on any atom is 0.267 e. The zero-order valence-corrected chi connectivity index (χ0v) is 15.2. The van der Waals surface area contributed by atoms with E-state index < -0.39 is 5.91 Å². The molecule has 0 aromatic carbocycles. The van der Waals surface area contributed by atoms with Crippen molar-refractivity contribution in [1.82, 2.24) is 9.88 Å². The molecule has 5 heteroatoms. The van der Waals surface area contributed by atoms with Gasteiger partial charge < -0.3 is 10.6 Å². The van der Waals surface area contributed by atoms with E-state index in [-0.39, 0.29) is 0 Å². The first-order chi connectivity index (χ1) is 11.3. The maximum atomic E-state index is 11.1. The summed E-state index contributed by atoms with van der Waals surface area (Å²) in [5.74, 6) is 0.351. The SMILES string of the molecule is CC(C)(C)C1CCN(C2CCN(c3ccc(C(N)=O)nc3)CC2)C1. The maximum absolute atomic E-state index is 11.1. The summed E-state index contributed by atoms with van der Waals surface area (Å²) in [4.78, 5) is 20.4. The molecule has 1 amide bonds. The van der Waals surface area contributed by atoms with Gasteiger partial charge in [0.15, 0.2) is 0 Å². The van der Waals surface area contributed by atoms with Crippen LogP contribution in [0.25, 0.3) is 0 Å². The lowest BCUT2D eigenvalue weighted by Crippen LogP contribution is -2.44. The Balaban J connectivity index is 1.54. The molecule has 1 aromatic rings. The molecule has 0 spiro atoms.